The molecule has 0 saturated heterocycles. The predicted octanol–water partition coefficient (Wildman–Crippen LogP) is 5.12. The molecule has 0 aliphatic heterocycles. The first-order valence-electron chi connectivity index (χ1n) is 10.7. The Morgan fingerprint density at radius 1 is 0.875 bits per heavy atom. The minimum absolute atomic E-state index is 0.0461. The molecular weight excluding hydrogens is 418 g/mol. The van der Waals surface area contributed by atoms with Gasteiger partial charge in [0.05, 0.1) is 16.3 Å². The van der Waals surface area contributed by atoms with Crippen LogP contribution < -0.4 is 0 Å². The van der Waals surface area contributed by atoms with E-state index in [0.29, 0.717) is 12.1 Å². The fourth-order valence-corrected chi connectivity index (χ4v) is 5.63. The average Bonchev–Trinajstić information content (AvgIpc) is 3.61. The maximum absolute atomic E-state index is 12.9. The van der Waals surface area contributed by atoms with Gasteiger partial charge in [0.15, 0.2) is 9.84 Å². The van der Waals surface area contributed by atoms with Gasteiger partial charge in [-0.05, 0) is 58.5 Å². The Morgan fingerprint density at radius 2 is 1.69 bits per heavy atom. The predicted molar refractivity (Wildman–Crippen MR) is 125 cm³/mol. The summed E-state index contributed by atoms with van der Waals surface area (Å²) in [6.07, 6.45) is 2.77. The van der Waals surface area contributed by atoms with Crippen LogP contribution in [-0.2, 0) is 26.8 Å². The molecule has 0 unspecified atom stereocenters. The molecule has 0 radical (unpaired) electrons. The smallest absolute Gasteiger partial charge is 0.184 e. The number of carbonyl (C=O) groups is 1. The Bertz CT molecular complexity index is 1400. The van der Waals surface area contributed by atoms with Crippen LogP contribution in [0.25, 0.3) is 10.8 Å². The number of pyridine rings is 1. The van der Waals surface area contributed by atoms with E-state index in [-0.39, 0.29) is 28.3 Å². The Hall–Kier alpha value is -3.31. The summed E-state index contributed by atoms with van der Waals surface area (Å²) < 4.78 is 25.7. The number of hydrogen-bond donors (Lipinski definition) is 0. The van der Waals surface area contributed by atoms with Gasteiger partial charge in [0.25, 0.3) is 0 Å². The molecule has 1 aromatic heterocycles. The van der Waals surface area contributed by atoms with Crippen molar-refractivity contribution in [1.82, 2.24) is 4.98 Å². The summed E-state index contributed by atoms with van der Waals surface area (Å²) in [6.45, 7) is 0. The van der Waals surface area contributed by atoms with Crippen LogP contribution in [0, 0.1) is 5.92 Å². The van der Waals surface area contributed by atoms with E-state index in [1.807, 2.05) is 24.3 Å². The van der Waals surface area contributed by atoms with Gasteiger partial charge in [-0.2, -0.15) is 0 Å². The van der Waals surface area contributed by atoms with Crippen molar-refractivity contribution in [3.05, 3.63) is 108 Å². The molecule has 1 saturated carbocycles. The lowest BCUT2D eigenvalue weighted by Gasteiger charge is -2.07. The zero-order chi connectivity index (χ0) is 22.1. The lowest BCUT2D eigenvalue weighted by molar-refractivity contribution is -0.119. The first-order valence-corrected chi connectivity index (χ1v) is 12.4. The Labute approximate surface area is 187 Å². The zero-order valence-corrected chi connectivity index (χ0v) is 18.3. The van der Waals surface area contributed by atoms with E-state index in [0.717, 1.165) is 28.3 Å². The number of Topliss-reactive ketones (excluding diaryl/α,β-unsaturated/α-hetero) is 1. The molecule has 4 aromatic rings. The van der Waals surface area contributed by atoms with E-state index < -0.39 is 9.84 Å². The standard InChI is InChI=1S/C27H23NO3S/c29-27(15-19-11-12-20-6-1-2-7-21(20)14-19)26-17-25(26)22-8-5-10-24(16-22)32(30,31)18-23-9-3-4-13-28-23/h1-14,16,25-26H,15,17-18H2/t25-,26+/m0/s1. The summed E-state index contributed by atoms with van der Waals surface area (Å²) in [5.74, 6) is 0.127. The molecule has 1 fully saturated rings. The number of fused-ring (bicyclic) bond motifs is 1. The molecule has 1 heterocycles. The quantitative estimate of drug-likeness (QED) is 0.399. The lowest BCUT2D eigenvalue weighted by Crippen LogP contribution is -2.08. The third-order valence-corrected chi connectivity index (χ3v) is 7.75. The highest BCUT2D eigenvalue weighted by molar-refractivity contribution is 7.90. The van der Waals surface area contributed by atoms with Gasteiger partial charge in [-0.15, -0.1) is 0 Å². The third kappa shape index (κ3) is 4.34. The van der Waals surface area contributed by atoms with Gasteiger partial charge in [0.2, 0.25) is 0 Å². The van der Waals surface area contributed by atoms with Crippen molar-refractivity contribution in [2.45, 2.75) is 29.4 Å². The van der Waals surface area contributed by atoms with E-state index in [1.54, 1.807) is 42.6 Å². The summed E-state index contributed by atoms with van der Waals surface area (Å²) in [5, 5.41) is 2.30. The van der Waals surface area contributed by atoms with Crippen LogP contribution in [0.4, 0.5) is 0 Å². The molecule has 3 aromatic carbocycles. The summed E-state index contributed by atoms with van der Waals surface area (Å²) in [5.41, 5.74) is 2.46. The summed E-state index contributed by atoms with van der Waals surface area (Å²) in [4.78, 5) is 17.3. The highest BCUT2D eigenvalue weighted by atomic mass is 32.2. The van der Waals surface area contributed by atoms with Crippen LogP contribution in [-0.4, -0.2) is 19.2 Å². The Morgan fingerprint density at radius 3 is 2.50 bits per heavy atom. The molecule has 0 bridgehead atoms. The maximum Gasteiger partial charge on any atom is 0.184 e. The molecule has 5 heteroatoms. The van der Waals surface area contributed by atoms with Crippen molar-refractivity contribution in [1.29, 1.82) is 0 Å². The largest absolute Gasteiger partial charge is 0.299 e. The first-order chi connectivity index (χ1) is 15.5. The number of aromatic nitrogens is 1. The van der Waals surface area contributed by atoms with Crippen molar-refractivity contribution in [2.24, 2.45) is 5.92 Å². The van der Waals surface area contributed by atoms with Crippen LogP contribution in [0.1, 0.15) is 29.2 Å². The highest BCUT2D eigenvalue weighted by Crippen LogP contribution is 2.48. The van der Waals surface area contributed by atoms with Gasteiger partial charge in [-0.25, -0.2) is 8.42 Å². The van der Waals surface area contributed by atoms with Crippen molar-refractivity contribution in [2.75, 3.05) is 0 Å². The van der Waals surface area contributed by atoms with Crippen LogP contribution in [0.2, 0.25) is 0 Å². The molecule has 2 atom stereocenters. The number of benzene rings is 3. The van der Waals surface area contributed by atoms with Crippen LogP contribution in [0.5, 0.6) is 0 Å². The summed E-state index contributed by atoms with van der Waals surface area (Å²) in [7, 11) is -3.50. The first kappa shape index (κ1) is 20.6. The molecule has 5 rings (SSSR count). The molecule has 32 heavy (non-hydrogen) atoms. The van der Waals surface area contributed by atoms with E-state index in [4.69, 9.17) is 0 Å². The summed E-state index contributed by atoms with van der Waals surface area (Å²) in [6, 6.07) is 26.6. The van der Waals surface area contributed by atoms with Gasteiger partial charge >= 0.3 is 0 Å². The average molecular weight is 442 g/mol. The topological polar surface area (TPSA) is 64.1 Å². The number of ketones is 1. The molecule has 1 aliphatic rings. The third-order valence-electron chi connectivity index (χ3n) is 6.11. The van der Waals surface area contributed by atoms with Gasteiger partial charge in [0.1, 0.15) is 5.78 Å². The molecule has 160 valence electrons. The van der Waals surface area contributed by atoms with E-state index in [9.17, 15) is 13.2 Å². The lowest BCUT2D eigenvalue weighted by atomic mass is 10.00. The number of carbonyl (C=O) groups excluding carboxylic acids is 1. The SMILES string of the molecule is O=C(Cc1ccc2ccccc2c1)[C@@H]1C[C@H]1c1cccc(S(=O)(=O)Cc2ccccn2)c1. The van der Waals surface area contributed by atoms with Gasteiger partial charge in [0, 0.05) is 18.5 Å². The van der Waals surface area contributed by atoms with Crippen molar-refractivity contribution in [3.63, 3.8) is 0 Å². The van der Waals surface area contributed by atoms with Crippen molar-refractivity contribution in [3.8, 4) is 0 Å². The van der Waals surface area contributed by atoms with Gasteiger partial charge < -0.3 is 0 Å². The van der Waals surface area contributed by atoms with Crippen LogP contribution in [0.3, 0.4) is 0 Å². The number of nitrogens with zero attached hydrogens (tertiary/aromatic N) is 1. The fraction of sp³-hybridized carbons (Fsp3) is 0.185. The number of sulfone groups is 1. The minimum atomic E-state index is -3.50. The maximum atomic E-state index is 12.9. The van der Waals surface area contributed by atoms with Gasteiger partial charge in [-0.1, -0.05) is 60.7 Å². The number of rotatable bonds is 7. The molecule has 1 aliphatic carbocycles. The molecule has 0 N–H and O–H groups in total. The van der Waals surface area contributed by atoms with E-state index in [2.05, 4.69) is 29.2 Å². The second-order valence-electron chi connectivity index (χ2n) is 8.43. The van der Waals surface area contributed by atoms with E-state index in [1.165, 1.54) is 0 Å². The van der Waals surface area contributed by atoms with Crippen molar-refractivity contribution >= 4 is 26.4 Å². The Kier molecular flexibility index (Phi) is 5.35. The van der Waals surface area contributed by atoms with Gasteiger partial charge in [-0.3, -0.25) is 9.78 Å². The fourth-order valence-electron chi connectivity index (χ4n) is 4.30. The second-order valence-corrected chi connectivity index (χ2v) is 10.4. The second kappa shape index (κ2) is 8.32. The number of hydrogen-bond acceptors (Lipinski definition) is 4. The highest BCUT2D eigenvalue weighted by Gasteiger charge is 2.43. The van der Waals surface area contributed by atoms with Crippen LogP contribution in [0.15, 0.2) is 96.0 Å². The molecular formula is C27H23NO3S. The monoisotopic (exact) mass is 441 g/mol. The van der Waals surface area contributed by atoms with Crippen LogP contribution >= 0.6 is 0 Å². The normalized spacial score (nSPS) is 17.9. The van der Waals surface area contributed by atoms with Crippen molar-refractivity contribution < 1.29 is 13.2 Å². The zero-order valence-electron chi connectivity index (χ0n) is 17.5. The Balaban J connectivity index is 1.29. The molecule has 0 spiro atoms. The molecule has 0 amide bonds. The molecule has 4 nitrogen and oxygen atoms in total. The van der Waals surface area contributed by atoms with E-state index >= 15 is 0 Å². The summed E-state index contributed by atoms with van der Waals surface area (Å²) >= 11 is 0. The minimum Gasteiger partial charge on any atom is -0.299 e.